The van der Waals surface area contributed by atoms with Crippen LogP contribution < -0.4 is 5.43 Å². The molecule has 0 saturated carbocycles. The van der Waals surface area contributed by atoms with Crippen LogP contribution in [-0.4, -0.2) is 21.6 Å². The van der Waals surface area contributed by atoms with Crippen molar-refractivity contribution in [3.05, 3.63) is 48.4 Å². The molecule has 0 aliphatic heterocycles. The van der Waals surface area contributed by atoms with E-state index in [0.29, 0.717) is 11.5 Å². The van der Waals surface area contributed by atoms with Gasteiger partial charge in [-0.2, -0.15) is 5.10 Å². The van der Waals surface area contributed by atoms with E-state index in [1.54, 1.807) is 25.3 Å². The van der Waals surface area contributed by atoms with Crippen LogP contribution in [0, 0.1) is 0 Å². The molecule has 0 saturated heterocycles. The predicted molar refractivity (Wildman–Crippen MR) is 60.4 cm³/mol. The molecule has 0 radical (unpaired) electrons. The first kappa shape index (κ1) is 11.0. The van der Waals surface area contributed by atoms with E-state index in [4.69, 9.17) is 4.42 Å². The van der Waals surface area contributed by atoms with Crippen LogP contribution in [0.15, 0.2) is 46.5 Å². The maximum absolute atomic E-state index is 11.6. The van der Waals surface area contributed by atoms with Crippen molar-refractivity contribution < 1.29 is 9.21 Å². The molecule has 1 amide bonds. The van der Waals surface area contributed by atoms with Crippen molar-refractivity contribution in [2.24, 2.45) is 5.10 Å². The van der Waals surface area contributed by atoms with Gasteiger partial charge < -0.3 is 4.42 Å². The third-order valence-corrected chi connectivity index (χ3v) is 2.00. The number of furan rings is 1. The SMILES string of the molecule is C/C(=N\NC(=O)c1cnccn1)c1ccco1. The van der Waals surface area contributed by atoms with Gasteiger partial charge in [-0.15, -0.1) is 0 Å². The zero-order valence-electron chi connectivity index (χ0n) is 9.12. The molecule has 0 aromatic carbocycles. The number of amides is 1. The van der Waals surface area contributed by atoms with Crippen molar-refractivity contribution in [2.45, 2.75) is 6.92 Å². The number of hydrogen-bond donors (Lipinski definition) is 1. The van der Waals surface area contributed by atoms with E-state index in [2.05, 4.69) is 20.5 Å². The molecule has 6 heteroatoms. The van der Waals surface area contributed by atoms with E-state index in [9.17, 15) is 4.79 Å². The molecule has 2 rings (SSSR count). The maximum atomic E-state index is 11.6. The minimum absolute atomic E-state index is 0.212. The smallest absolute Gasteiger partial charge is 0.291 e. The maximum Gasteiger partial charge on any atom is 0.291 e. The molecule has 0 bridgehead atoms. The summed E-state index contributed by atoms with van der Waals surface area (Å²) in [5.74, 6) is 0.188. The predicted octanol–water partition coefficient (Wildman–Crippen LogP) is 1.22. The zero-order valence-corrected chi connectivity index (χ0v) is 9.12. The molecule has 0 unspecified atom stereocenters. The molecule has 86 valence electrons. The molecule has 0 atom stereocenters. The van der Waals surface area contributed by atoms with Gasteiger partial charge in [-0.3, -0.25) is 9.78 Å². The number of rotatable bonds is 3. The van der Waals surface area contributed by atoms with Gasteiger partial charge in [0, 0.05) is 12.4 Å². The number of carbonyl (C=O) groups is 1. The van der Waals surface area contributed by atoms with Crippen molar-refractivity contribution in [3.8, 4) is 0 Å². The number of carbonyl (C=O) groups excluding carboxylic acids is 1. The van der Waals surface area contributed by atoms with Gasteiger partial charge in [0.25, 0.3) is 5.91 Å². The standard InChI is InChI=1S/C11H10N4O2/c1-8(10-3-2-6-17-10)14-15-11(16)9-7-12-4-5-13-9/h2-7H,1H3,(H,15,16)/b14-8+. The van der Waals surface area contributed by atoms with Crippen LogP contribution in [0.4, 0.5) is 0 Å². The topological polar surface area (TPSA) is 80.4 Å². The van der Waals surface area contributed by atoms with Crippen molar-refractivity contribution in [1.82, 2.24) is 15.4 Å². The highest BCUT2D eigenvalue weighted by Gasteiger charge is 2.06. The first-order chi connectivity index (χ1) is 8.27. The summed E-state index contributed by atoms with van der Waals surface area (Å²) >= 11 is 0. The summed E-state index contributed by atoms with van der Waals surface area (Å²) in [6, 6.07) is 3.51. The van der Waals surface area contributed by atoms with Crippen LogP contribution in [0.1, 0.15) is 23.2 Å². The Hall–Kier alpha value is -2.50. The minimum atomic E-state index is -0.413. The van der Waals surface area contributed by atoms with Crippen molar-refractivity contribution in [2.75, 3.05) is 0 Å². The Kier molecular flexibility index (Phi) is 3.25. The number of nitrogens with zero attached hydrogens (tertiary/aromatic N) is 3. The second-order valence-electron chi connectivity index (χ2n) is 3.21. The van der Waals surface area contributed by atoms with Crippen LogP contribution >= 0.6 is 0 Å². The highest BCUT2D eigenvalue weighted by Crippen LogP contribution is 2.01. The van der Waals surface area contributed by atoms with E-state index in [0.717, 1.165) is 0 Å². The third kappa shape index (κ3) is 2.75. The second-order valence-corrected chi connectivity index (χ2v) is 3.21. The Morgan fingerprint density at radius 1 is 1.47 bits per heavy atom. The van der Waals surface area contributed by atoms with Gasteiger partial charge >= 0.3 is 0 Å². The Balaban J connectivity index is 2.04. The second kappa shape index (κ2) is 5.02. The number of nitrogens with one attached hydrogen (secondary N) is 1. The summed E-state index contributed by atoms with van der Waals surface area (Å²) in [5.41, 5.74) is 3.16. The molecule has 0 aliphatic carbocycles. The van der Waals surface area contributed by atoms with Crippen molar-refractivity contribution in [3.63, 3.8) is 0 Å². The van der Waals surface area contributed by atoms with Gasteiger partial charge in [0.2, 0.25) is 0 Å². The van der Waals surface area contributed by atoms with E-state index in [1.165, 1.54) is 18.6 Å². The first-order valence-corrected chi connectivity index (χ1v) is 4.92. The quantitative estimate of drug-likeness (QED) is 0.635. The summed E-state index contributed by atoms with van der Waals surface area (Å²) < 4.78 is 5.12. The van der Waals surface area contributed by atoms with Crippen LogP contribution in [-0.2, 0) is 0 Å². The molecule has 17 heavy (non-hydrogen) atoms. The van der Waals surface area contributed by atoms with Crippen molar-refractivity contribution in [1.29, 1.82) is 0 Å². The Bertz CT molecular complexity index is 520. The highest BCUT2D eigenvalue weighted by atomic mass is 16.3. The lowest BCUT2D eigenvalue weighted by atomic mass is 10.3. The normalized spacial score (nSPS) is 11.2. The van der Waals surface area contributed by atoms with E-state index in [-0.39, 0.29) is 5.69 Å². The summed E-state index contributed by atoms with van der Waals surface area (Å²) in [7, 11) is 0. The summed E-state index contributed by atoms with van der Waals surface area (Å²) in [6.07, 6.45) is 5.85. The molecular formula is C11H10N4O2. The van der Waals surface area contributed by atoms with Gasteiger partial charge in [0.15, 0.2) is 0 Å². The summed E-state index contributed by atoms with van der Waals surface area (Å²) in [6.45, 7) is 1.73. The fourth-order valence-corrected chi connectivity index (χ4v) is 1.15. The lowest BCUT2D eigenvalue weighted by Gasteiger charge is -1.99. The lowest BCUT2D eigenvalue weighted by molar-refractivity contribution is 0.0949. The fourth-order valence-electron chi connectivity index (χ4n) is 1.15. The molecule has 6 nitrogen and oxygen atoms in total. The van der Waals surface area contributed by atoms with Gasteiger partial charge in [0.1, 0.15) is 17.2 Å². The van der Waals surface area contributed by atoms with Crippen molar-refractivity contribution >= 4 is 11.6 Å². The van der Waals surface area contributed by atoms with Crippen LogP contribution in [0.5, 0.6) is 0 Å². The summed E-state index contributed by atoms with van der Waals surface area (Å²) in [4.78, 5) is 19.2. The number of aromatic nitrogens is 2. The average Bonchev–Trinajstić information content (AvgIpc) is 2.90. The Morgan fingerprint density at radius 2 is 2.35 bits per heavy atom. The Morgan fingerprint density at radius 3 is 3.00 bits per heavy atom. The third-order valence-electron chi connectivity index (χ3n) is 2.00. The largest absolute Gasteiger partial charge is 0.463 e. The van der Waals surface area contributed by atoms with Crippen LogP contribution in [0.25, 0.3) is 0 Å². The van der Waals surface area contributed by atoms with Gasteiger partial charge in [0.05, 0.1) is 12.5 Å². The van der Waals surface area contributed by atoms with E-state index < -0.39 is 5.91 Å². The Labute approximate surface area is 97.4 Å². The lowest BCUT2D eigenvalue weighted by Crippen LogP contribution is -2.20. The summed E-state index contributed by atoms with van der Waals surface area (Å²) in [5, 5.41) is 3.90. The van der Waals surface area contributed by atoms with Crippen LogP contribution in [0.3, 0.4) is 0 Å². The fraction of sp³-hybridized carbons (Fsp3) is 0.0909. The monoisotopic (exact) mass is 230 g/mol. The molecular weight excluding hydrogens is 220 g/mol. The zero-order chi connectivity index (χ0) is 12.1. The van der Waals surface area contributed by atoms with E-state index >= 15 is 0 Å². The number of hydrogen-bond acceptors (Lipinski definition) is 5. The number of hydrazone groups is 1. The average molecular weight is 230 g/mol. The molecule has 1 N–H and O–H groups in total. The van der Waals surface area contributed by atoms with E-state index in [1.807, 2.05) is 0 Å². The first-order valence-electron chi connectivity index (χ1n) is 4.92. The molecule has 0 spiro atoms. The molecule has 2 aromatic rings. The molecule has 2 aromatic heterocycles. The van der Waals surface area contributed by atoms with Gasteiger partial charge in [-0.1, -0.05) is 0 Å². The van der Waals surface area contributed by atoms with Gasteiger partial charge in [-0.25, -0.2) is 10.4 Å². The van der Waals surface area contributed by atoms with Crippen LogP contribution in [0.2, 0.25) is 0 Å². The molecule has 0 aliphatic rings. The van der Waals surface area contributed by atoms with Gasteiger partial charge in [-0.05, 0) is 19.1 Å². The minimum Gasteiger partial charge on any atom is -0.463 e. The highest BCUT2D eigenvalue weighted by molar-refractivity contribution is 5.98. The molecule has 0 fully saturated rings. The molecule has 2 heterocycles.